The van der Waals surface area contributed by atoms with Gasteiger partial charge in [0.25, 0.3) is 0 Å². The van der Waals surface area contributed by atoms with Gasteiger partial charge in [0.1, 0.15) is 0 Å². The first-order valence-corrected chi connectivity index (χ1v) is 2.97. The van der Waals surface area contributed by atoms with Gasteiger partial charge in [-0.15, -0.1) is 0 Å². The van der Waals surface area contributed by atoms with Crippen molar-refractivity contribution < 1.29 is 23.6 Å². The van der Waals surface area contributed by atoms with E-state index in [2.05, 4.69) is 6.58 Å². The van der Waals surface area contributed by atoms with Crippen LogP contribution >= 0.6 is 7.82 Å². The zero-order valence-corrected chi connectivity index (χ0v) is 4.75. The largest absolute Gasteiger partial charge is 0.466 e. The van der Waals surface area contributed by atoms with Crippen LogP contribution in [0.5, 0.6) is 0 Å². The highest BCUT2D eigenvalue weighted by molar-refractivity contribution is 7.45. The third-order valence-electron chi connectivity index (χ3n) is 0. The first-order valence-electron chi connectivity index (χ1n) is 1.41. The van der Waals surface area contributed by atoms with Crippen molar-refractivity contribution in [3.8, 4) is 0 Å². The molecule has 0 heterocycles. The van der Waals surface area contributed by atoms with Gasteiger partial charge in [0.15, 0.2) is 0 Å². The van der Waals surface area contributed by atoms with Gasteiger partial charge in [0.05, 0.1) is 6.33 Å². The molecule has 0 amide bonds. The molecule has 0 radical (unpaired) electrons. The summed E-state index contributed by atoms with van der Waals surface area (Å²) >= 11 is 0. The molecule has 0 aliphatic carbocycles. The standard InChI is InChI=1S/C2H3F.H3O4P/c1-2-3;1-5(2,3)4/h2H,1H2;(H3,1,2,3,4). The van der Waals surface area contributed by atoms with Crippen LogP contribution in [-0.2, 0) is 4.57 Å². The van der Waals surface area contributed by atoms with Crippen molar-refractivity contribution in [1.82, 2.24) is 0 Å². The van der Waals surface area contributed by atoms with Crippen LogP contribution in [0.4, 0.5) is 4.39 Å². The van der Waals surface area contributed by atoms with Gasteiger partial charge in [-0.05, 0) is 0 Å². The summed E-state index contributed by atoms with van der Waals surface area (Å²) in [6.07, 6.45) is 0.250. The van der Waals surface area contributed by atoms with Crippen molar-refractivity contribution in [2.24, 2.45) is 0 Å². The lowest BCUT2D eigenvalue weighted by atomic mass is 11.2. The molecule has 50 valence electrons. The van der Waals surface area contributed by atoms with Crippen molar-refractivity contribution in [2.45, 2.75) is 0 Å². The van der Waals surface area contributed by atoms with E-state index in [1.807, 2.05) is 0 Å². The Kier molecular flexibility index (Phi) is 6.59. The van der Waals surface area contributed by atoms with Crippen LogP contribution < -0.4 is 0 Å². The molecule has 3 N–H and O–H groups in total. The number of halogens is 1. The number of hydrogen-bond donors (Lipinski definition) is 3. The third kappa shape index (κ3) is 2730. The van der Waals surface area contributed by atoms with E-state index in [1.54, 1.807) is 0 Å². The third-order valence-corrected chi connectivity index (χ3v) is 0. The second-order valence-corrected chi connectivity index (χ2v) is 1.69. The van der Waals surface area contributed by atoms with Gasteiger partial charge < -0.3 is 14.7 Å². The molecule has 0 fully saturated rings. The molecule has 4 nitrogen and oxygen atoms in total. The van der Waals surface area contributed by atoms with Crippen LogP contribution in [-0.4, -0.2) is 14.7 Å². The normalized spacial score (nSPS) is 9.00. The molecule has 0 aliphatic heterocycles. The summed E-state index contributed by atoms with van der Waals surface area (Å²) in [5.41, 5.74) is 0. The van der Waals surface area contributed by atoms with Crippen LogP contribution in [0, 0.1) is 0 Å². The van der Waals surface area contributed by atoms with Crippen molar-refractivity contribution >= 4 is 7.82 Å². The minimum atomic E-state index is -4.64. The molecule has 0 unspecified atom stereocenters. The van der Waals surface area contributed by atoms with Gasteiger partial charge in [-0.2, -0.15) is 0 Å². The maximum atomic E-state index is 10.1. The Morgan fingerprint density at radius 3 is 1.50 bits per heavy atom. The van der Waals surface area contributed by atoms with Gasteiger partial charge in [0.2, 0.25) is 0 Å². The van der Waals surface area contributed by atoms with Crippen LogP contribution in [0.15, 0.2) is 12.9 Å². The zero-order valence-electron chi connectivity index (χ0n) is 3.86. The molecule has 0 aromatic heterocycles. The predicted octanol–water partition coefficient (Wildman–Crippen LogP) is 0.171. The second-order valence-electron chi connectivity index (χ2n) is 0.668. The molecule has 0 saturated heterocycles. The molecule has 0 atom stereocenters. The quantitative estimate of drug-likeness (QED) is 0.423. The van der Waals surface area contributed by atoms with E-state index in [-0.39, 0.29) is 6.33 Å². The summed E-state index contributed by atoms with van der Waals surface area (Å²) in [6, 6.07) is 0. The Morgan fingerprint density at radius 1 is 1.50 bits per heavy atom. The molecular weight excluding hydrogens is 138 g/mol. The minimum Gasteiger partial charge on any atom is -0.303 e. The summed E-state index contributed by atoms with van der Waals surface area (Å²) in [4.78, 5) is 21.6. The average molecular weight is 144 g/mol. The molecule has 0 aromatic carbocycles. The van der Waals surface area contributed by atoms with Crippen LogP contribution in [0.3, 0.4) is 0 Å². The Morgan fingerprint density at radius 2 is 1.50 bits per heavy atom. The van der Waals surface area contributed by atoms with Crippen molar-refractivity contribution in [3.05, 3.63) is 12.9 Å². The van der Waals surface area contributed by atoms with Gasteiger partial charge in [0, 0.05) is 0 Å². The fourth-order valence-electron chi connectivity index (χ4n) is 0. The fourth-order valence-corrected chi connectivity index (χ4v) is 0. The Labute approximate surface area is 45.5 Å². The smallest absolute Gasteiger partial charge is 0.303 e. The predicted molar refractivity (Wildman–Crippen MR) is 25.6 cm³/mol. The van der Waals surface area contributed by atoms with Crippen molar-refractivity contribution in [1.29, 1.82) is 0 Å². The summed E-state index contributed by atoms with van der Waals surface area (Å²) in [5, 5.41) is 0. The number of rotatable bonds is 0. The molecule has 0 bridgehead atoms. The lowest BCUT2D eigenvalue weighted by Gasteiger charge is -1.82. The number of phosphoric acid groups is 1. The lowest BCUT2D eigenvalue weighted by Crippen LogP contribution is -1.66. The second kappa shape index (κ2) is 4.93. The van der Waals surface area contributed by atoms with Crippen LogP contribution in [0.2, 0.25) is 0 Å². The highest BCUT2D eigenvalue weighted by atomic mass is 31.2. The molecule has 0 spiro atoms. The van der Waals surface area contributed by atoms with E-state index < -0.39 is 7.82 Å². The first kappa shape index (κ1) is 10.7. The topological polar surface area (TPSA) is 77.8 Å². The van der Waals surface area contributed by atoms with Gasteiger partial charge in [-0.3, -0.25) is 0 Å². The van der Waals surface area contributed by atoms with E-state index >= 15 is 0 Å². The first-order chi connectivity index (χ1) is 3.41. The monoisotopic (exact) mass is 144 g/mol. The summed E-state index contributed by atoms with van der Waals surface area (Å²) < 4.78 is 18.9. The van der Waals surface area contributed by atoms with E-state index in [4.69, 9.17) is 19.2 Å². The highest BCUT2D eigenvalue weighted by Gasteiger charge is 2.00. The van der Waals surface area contributed by atoms with E-state index in [9.17, 15) is 4.39 Å². The molecular formula is C2H6FO4P. The van der Waals surface area contributed by atoms with Crippen LogP contribution in [0.1, 0.15) is 0 Å². The SMILES string of the molecule is C=CF.O=P(O)(O)O. The van der Waals surface area contributed by atoms with Gasteiger partial charge in [-0.1, -0.05) is 6.58 Å². The summed E-state index contributed by atoms with van der Waals surface area (Å²) in [6.45, 7) is 2.69. The highest BCUT2D eigenvalue weighted by Crippen LogP contribution is 2.25. The maximum absolute atomic E-state index is 10.1. The summed E-state index contributed by atoms with van der Waals surface area (Å²) in [5.74, 6) is 0. The Balaban J connectivity index is 0. The number of hydrogen-bond acceptors (Lipinski definition) is 1. The van der Waals surface area contributed by atoms with E-state index in [1.165, 1.54) is 0 Å². The average Bonchev–Trinajstić information content (AvgIpc) is 1.27. The minimum absolute atomic E-state index is 0.250. The van der Waals surface area contributed by atoms with Crippen LogP contribution in [0.25, 0.3) is 0 Å². The fraction of sp³-hybridized carbons (Fsp3) is 0. The lowest BCUT2D eigenvalue weighted by molar-refractivity contribution is 0.275. The van der Waals surface area contributed by atoms with E-state index in [0.29, 0.717) is 0 Å². The Hall–Kier alpha value is -0.220. The molecule has 0 aromatic rings. The molecule has 0 saturated carbocycles. The van der Waals surface area contributed by atoms with E-state index in [0.717, 1.165) is 0 Å². The molecule has 0 aliphatic rings. The molecule has 8 heavy (non-hydrogen) atoms. The Bertz CT molecular complexity index is 87.9. The van der Waals surface area contributed by atoms with Crippen molar-refractivity contribution in [3.63, 3.8) is 0 Å². The maximum Gasteiger partial charge on any atom is 0.466 e. The van der Waals surface area contributed by atoms with Crippen molar-refractivity contribution in [2.75, 3.05) is 0 Å². The van der Waals surface area contributed by atoms with Gasteiger partial charge >= 0.3 is 7.82 Å². The molecule has 6 heteroatoms. The molecule has 0 rings (SSSR count). The van der Waals surface area contributed by atoms with Gasteiger partial charge in [-0.25, -0.2) is 8.96 Å². The summed E-state index contributed by atoms with van der Waals surface area (Å²) in [7, 11) is -4.64. The zero-order chi connectivity index (χ0) is 7.21.